The van der Waals surface area contributed by atoms with E-state index in [1.807, 2.05) is 13.8 Å². The molecule has 1 heterocycles. The van der Waals surface area contributed by atoms with Crippen molar-refractivity contribution in [3.8, 4) is 0 Å². The highest BCUT2D eigenvalue weighted by atomic mass is 32.2. The molecule has 0 unspecified atom stereocenters. The number of fused-ring (bicyclic) bond motifs is 1. The summed E-state index contributed by atoms with van der Waals surface area (Å²) >= 11 is 0. The molecular formula is C19H22FN4O2S+. The maximum absolute atomic E-state index is 13.5. The summed E-state index contributed by atoms with van der Waals surface area (Å²) < 4.78 is 40.5. The first kappa shape index (κ1) is 18.9. The molecule has 0 radical (unpaired) electrons. The summed E-state index contributed by atoms with van der Waals surface area (Å²) in [5, 5.41) is 0.813. The normalized spacial score (nSPS) is 12.5. The first-order valence-corrected chi connectivity index (χ1v) is 9.97. The monoisotopic (exact) mass is 389 g/mol. The Hall–Kier alpha value is -2.87. The molecule has 2 aromatic carbocycles. The topological polar surface area (TPSA) is 102 Å². The van der Waals surface area contributed by atoms with Crippen LogP contribution in [0.2, 0.25) is 0 Å². The van der Waals surface area contributed by atoms with Crippen LogP contribution in [0.3, 0.4) is 0 Å². The molecule has 27 heavy (non-hydrogen) atoms. The zero-order valence-electron chi connectivity index (χ0n) is 15.1. The zero-order chi connectivity index (χ0) is 19.6. The smallest absolute Gasteiger partial charge is 0.356 e. The van der Waals surface area contributed by atoms with Crippen LogP contribution in [0.15, 0.2) is 47.4 Å². The molecule has 0 spiro atoms. The number of benzene rings is 2. The van der Waals surface area contributed by atoms with E-state index < -0.39 is 10.0 Å². The number of H-pyrrole nitrogens is 1. The number of aromatic amines is 1. The van der Waals surface area contributed by atoms with Crippen LogP contribution in [0.4, 0.5) is 4.39 Å². The number of guanidine groups is 1. The van der Waals surface area contributed by atoms with Gasteiger partial charge in [-0.1, -0.05) is 17.7 Å². The van der Waals surface area contributed by atoms with Crippen LogP contribution in [0, 0.1) is 19.7 Å². The van der Waals surface area contributed by atoms with E-state index >= 15 is 0 Å². The van der Waals surface area contributed by atoms with Crippen LogP contribution in [0.1, 0.15) is 16.8 Å². The van der Waals surface area contributed by atoms with E-state index in [-0.39, 0.29) is 16.7 Å². The van der Waals surface area contributed by atoms with E-state index in [4.69, 9.17) is 5.73 Å². The van der Waals surface area contributed by atoms with Crippen LogP contribution >= 0.6 is 0 Å². The summed E-state index contributed by atoms with van der Waals surface area (Å²) in [6.45, 7) is 4.19. The summed E-state index contributed by atoms with van der Waals surface area (Å²) in [5.74, 6) is -0.355. The molecule has 0 aliphatic heterocycles. The summed E-state index contributed by atoms with van der Waals surface area (Å²) in [6.07, 6.45) is 0.558. The number of nitrogens with one attached hydrogen (secondary N) is 3. The molecule has 6 nitrogen and oxygen atoms in total. The van der Waals surface area contributed by atoms with Gasteiger partial charge in [0.2, 0.25) is 0 Å². The highest BCUT2D eigenvalue weighted by Gasteiger charge is 2.19. The molecule has 0 saturated carbocycles. The Kier molecular flexibility index (Phi) is 5.18. The molecule has 142 valence electrons. The van der Waals surface area contributed by atoms with Gasteiger partial charge in [-0.15, -0.1) is 0 Å². The number of rotatable bonds is 5. The minimum absolute atomic E-state index is 0.0563. The van der Waals surface area contributed by atoms with Gasteiger partial charge in [-0.3, -0.25) is 10.7 Å². The number of nitrogens with two attached hydrogens (primary N) is 1. The van der Waals surface area contributed by atoms with E-state index in [0.29, 0.717) is 13.0 Å². The molecule has 0 atom stereocenters. The fraction of sp³-hybridized carbons (Fsp3) is 0.211. The lowest BCUT2D eigenvalue weighted by molar-refractivity contribution is -0.458. The van der Waals surface area contributed by atoms with Gasteiger partial charge < -0.3 is 4.98 Å². The lowest BCUT2D eigenvalue weighted by Crippen LogP contribution is -2.79. The third kappa shape index (κ3) is 4.28. The first-order valence-electron chi connectivity index (χ1n) is 8.49. The van der Waals surface area contributed by atoms with Crippen molar-refractivity contribution in [2.45, 2.75) is 25.2 Å². The van der Waals surface area contributed by atoms with Crippen LogP contribution < -0.4 is 15.4 Å². The number of hydrogen-bond donors (Lipinski definition) is 4. The van der Waals surface area contributed by atoms with Crippen LogP contribution in [-0.4, -0.2) is 25.9 Å². The second kappa shape index (κ2) is 7.40. The highest BCUT2D eigenvalue weighted by Crippen LogP contribution is 2.23. The van der Waals surface area contributed by atoms with Gasteiger partial charge in [0.05, 0.1) is 6.54 Å². The van der Waals surface area contributed by atoms with Crippen molar-refractivity contribution < 1.29 is 17.8 Å². The molecule has 3 rings (SSSR count). The molecule has 0 saturated heterocycles. The van der Waals surface area contributed by atoms with Crippen molar-refractivity contribution in [3.63, 3.8) is 0 Å². The van der Waals surface area contributed by atoms with Gasteiger partial charge in [0.25, 0.3) is 0 Å². The second-order valence-electron chi connectivity index (χ2n) is 6.43. The number of aryl methyl sites for hydroxylation is 2. The van der Waals surface area contributed by atoms with Crippen molar-refractivity contribution in [2.24, 2.45) is 5.73 Å². The van der Waals surface area contributed by atoms with Crippen LogP contribution in [-0.2, 0) is 16.4 Å². The van der Waals surface area contributed by atoms with E-state index in [2.05, 4.69) is 14.7 Å². The summed E-state index contributed by atoms with van der Waals surface area (Å²) in [4.78, 5) is 6.21. The molecule has 3 aromatic rings. The average molecular weight is 389 g/mol. The second-order valence-corrected chi connectivity index (χ2v) is 8.11. The molecule has 1 aromatic heterocycles. The molecule has 0 amide bonds. The maximum Gasteiger partial charge on any atom is 0.356 e. The predicted octanol–water partition coefficient (Wildman–Crippen LogP) is 0.840. The van der Waals surface area contributed by atoms with E-state index in [9.17, 15) is 12.8 Å². The van der Waals surface area contributed by atoms with E-state index in [1.54, 1.807) is 18.2 Å². The number of sulfonamides is 1. The Morgan fingerprint density at radius 2 is 1.89 bits per heavy atom. The zero-order valence-corrected chi connectivity index (χ0v) is 16.0. The standard InChI is InChI=1S/C19H21FN4O2S/c1-12-3-6-15(7-4-12)27(25,26)24-19(21)22-10-9-16-13(2)23-18-8-5-14(20)11-17(16)18/h3-8,11,23H,9-10H2,1-2H3,(H3,21,22,24)/p+1. The maximum atomic E-state index is 13.5. The van der Waals surface area contributed by atoms with Gasteiger partial charge in [-0.05, 0) is 49.7 Å². The van der Waals surface area contributed by atoms with Gasteiger partial charge in [-0.2, -0.15) is 13.1 Å². The highest BCUT2D eigenvalue weighted by molar-refractivity contribution is 7.90. The molecule has 0 fully saturated rings. The number of halogens is 1. The average Bonchev–Trinajstić information content (AvgIpc) is 2.90. The Morgan fingerprint density at radius 3 is 2.59 bits per heavy atom. The van der Waals surface area contributed by atoms with Crippen molar-refractivity contribution >= 4 is 26.9 Å². The van der Waals surface area contributed by atoms with Crippen molar-refractivity contribution in [3.05, 3.63) is 65.1 Å². The minimum atomic E-state index is -3.74. The third-order valence-electron chi connectivity index (χ3n) is 4.35. The van der Waals surface area contributed by atoms with E-state index in [1.165, 1.54) is 24.3 Å². The first-order chi connectivity index (χ1) is 12.8. The molecule has 8 heteroatoms. The largest absolute Gasteiger partial charge is 0.358 e. The predicted molar refractivity (Wildman–Crippen MR) is 103 cm³/mol. The molecule has 0 bridgehead atoms. The Bertz CT molecular complexity index is 1100. The summed E-state index contributed by atoms with van der Waals surface area (Å²) in [5.41, 5.74) is 9.52. The quantitative estimate of drug-likeness (QED) is 0.384. The molecule has 5 N–H and O–H groups in total. The molecule has 0 aliphatic carbocycles. The fourth-order valence-corrected chi connectivity index (χ4v) is 3.93. The Balaban J connectivity index is 1.70. The SMILES string of the molecule is Cc1ccc(S(=O)(=O)NC(N)=[NH+]CCc2c(C)[nH]c3ccc(F)cc23)cc1. The Morgan fingerprint density at radius 1 is 1.19 bits per heavy atom. The molecule has 0 aliphatic rings. The van der Waals surface area contributed by atoms with Gasteiger partial charge in [0.15, 0.2) is 0 Å². The third-order valence-corrected chi connectivity index (χ3v) is 5.73. The Labute approximate surface area is 157 Å². The summed E-state index contributed by atoms with van der Waals surface area (Å²) in [7, 11) is -3.74. The van der Waals surface area contributed by atoms with E-state index in [0.717, 1.165) is 27.7 Å². The minimum Gasteiger partial charge on any atom is -0.358 e. The van der Waals surface area contributed by atoms with Crippen LogP contribution in [0.5, 0.6) is 0 Å². The molecular weight excluding hydrogens is 367 g/mol. The van der Waals surface area contributed by atoms with Crippen molar-refractivity contribution in [1.29, 1.82) is 0 Å². The number of hydrogen-bond acceptors (Lipinski definition) is 2. The fourth-order valence-electron chi connectivity index (χ4n) is 2.96. The van der Waals surface area contributed by atoms with Crippen molar-refractivity contribution in [1.82, 2.24) is 9.71 Å². The lowest BCUT2D eigenvalue weighted by atomic mass is 10.1. The van der Waals surface area contributed by atoms with Gasteiger partial charge in [-0.25, -0.2) is 4.39 Å². The number of aromatic nitrogens is 1. The van der Waals surface area contributed by atoms with Gasteiger partial charge in [0.1, 0.15) is 10.7 Å². The summed E-state index contributed by atoms with van der Waals surface area (Å²) in [6, 6.07) is 11.1. The van der Waals surface area contributed by atoms with Crippen LogP contribution in [0.25, 0.3) is 10.9 Å². The lowest BCUT2D eigenvalue weighted by Gasteiger charge is -2.03. The van der Waals surface area contributed by atoms with Gasteiger partial charge in [0, 0.05) is 23.0 Å². The van der Waals surface area contributed by atoms with Gasteiger partial charge >= 0.3 is 16.0 Å². The van der Waals surface area contributed by atoms with Crippen molar-refractivity contribution in [2.75, 3.05) is 6.54 Å².